The molecule has 4 nitrogen and oxygen atoms in total. The Labute approximate surface area is 133 Å². The Bertz CT molecular complexity index is 687. The number of amides is 1. The Morgan fingerprint density at radius 1 is 1.10 bits per heavy atom. The van der Waals surface area contributed by atoms with E-state index in [4.69, 9.17) is 28.9 Å². The Morgan fingerprint density at radius 2 is 1.71 bits per heavy atom. The first-order valence-corrected chi connectivity index (χ1v) is 6.97. The number of hydrogen-bond donors (Lipinski definition) is 2. The summed E-state index contributed by atoms with van der Waals surface area (Å²) >= 11 is 11.8. The predicted molar refractivity (Wildman–Crippen MR) is 89.6 cm³/mol. The molecule has 0 aromatic heterocycles. The summed E-state index contributed by atoms with van der Waals surface area (Å²) in [6.07, 6.45) is 0. The van der Waals surface area contributed by atoms with E-state index in [1.54, 1.807) is 30.3 Å². The van der Waals surface area contributed by atoms with Gasteiger partial charge in [0.15, 0.2) is 0 Å². The van der Waals surface area contributed by atoms with Crippen LogP contribution in [0.5, 0.6) is 0 Å². The van der Waals surface area contributed by atoms with E-state index < -0.39 is 0 Å². The minimum absolute atomic E-state index is 0.311. The van der Waals surface area contributed by atoms with Crippen molar-refractivity contribution in [3.63, 3.8) is 0 Å². The number of nitrogen functional groups attached to an aromatic ring is 1. The summed E-state index contributed by atoms with van der Waals surface area (Å²) in [5.74, 6) is -0.311. The van der Waals surface area contributed by atoms with E-state index in [0.717, 1.165) is 5.69 Å². The molecule has 0 saturated carbocycles. The molecule has 110 valence electrons. The smallest absolute Gasteiger partial charge is 0.257 e. The van der Waals surface area contributed by atoms with Crippen LogP contribution in [0.4, 0.5) is 17.1 Å². The highest BCUT2D eigenvalue weighted by molar-refractivity contribution is 6.31. The summed E-state index contributed by atoms with van der Waals surface area (Å²) in [6.45, 7) is 0. The Morgan fingerprint density at radius 3 is 2.33 bits per heavy atom. The van der Waals surface area contributed by atoms with Crippen molar-refractivity contribution < 1.29 is 4.79 Å². The maximum atomic E-state index is 12.3. The Kier molecular flexibility index (Phi) is 4.60. The van der Waals surface area contributed by atoms with Gasteiger partial charge in [0, 0.05) is 29.8 Å². The first-order chi connectivity index (χ1) is 9.88. The summed E-state index contributed by atoms with van der Waals surface area (Å²) in [4.78, 5) is 14.2. The van der Waals surface area contributed by atoms with Crippen molar-refractivity contribution >= 4 is 46.2 Å². The van der Waals surface area contributed by atoms with Gasteiger partial charge in [-0.1, -0.05) is 23.2 Å². The molecule has 0 atom stereocenters. The molecule has 0 spiro atoms. The van der Waals surface area contributed by atoms with E-state index in [1.807, 2.05) is 25.1 Å². The van der Waals surface area contributed by atoms with E-state index >= 15 is 0 Å². The van der Waals surface area contributed by atoms with Gasteiger partial charge in [0.1, 0.15) is 0 Å². The molecule has 0 aliphatic carbocycles. The number of nitrogens with one attached hydrogen (secondary N) is 1. The molecule has 0 radical (unpaired) electrons. The van der Waals surface area contributed by atoms with Crippen LogP contribution in [0.15, 0.2) is 36.4 Å². The van der Waals surface area contributed by atoms with Crippen molar-refractivity contribution in [3.05, 3.63) is 52.0 Å². The molecular formula is C15H15Cl2N3O. The third-order valence-corrected chi connectivity index (χ3v) is 3.42. The summed E-state index contributed by atoms with van der Waals surface area (Å²) in [7, 11) is 3.77. The SMILES string of the molecule is CN(C)c1ccc(Cl)cc1NC(=O)c1ccc(Cl)cc1N. The normalized spacial score (nSPS) is 10.3. The van der Waals surface area contributed by atoms with Crippen LogP contribution in [0.3, 0.4) is 0 Å². The number of nitrogens with zero attached hydrogens (tertiary/aromatic N) is 1. The highest BCUT2D eigenvalue weighted by atomic mass is 35.5. The summed E-state index contributed by atoms with van der Waals surface area (Å²) < 4.78 is 0. The topological polar surface area (TPSA) is 58.4 Å². The maximum absolute atomic E-state index is 12.3. The number of hydrogen-bond acceptors (Lipinski definition) is 3. The van der Waals surface area contributed by atoms with Crippen LogP contribution >= 0.6 is 23.2 Å². The van der Waals surface area contributed by atoms with Crippen LogP contribution in [0.1, 0.15) is 10.4 Å². The fraction of sp³-hybridized carbons (Fsp3) is 0.133. The number of halogens is 2. The fourth-order valence-electron chi connectivity index (χ4n) is 1.93. The highest BCUT2D eigenvalue weighted by Crippen LogP contribution is 2.29. The van der Waals surface area contributed by atoms with Gasteiger partial charge in [-0.3, -0.25) is 4.79 Å². The van der Waals surface area contributed by atoms with Gasteiger partial charge >= 0.3 is 0 Å². The minimum atomic E-state index is -0.311. The quantitative estimate of drug-likeness (QED) is 0.842. The third-order valence-electron chi connectivity index (χ3n) is 2.95. The van der Waals surface area contributed by atoms with Crippen molar-refractivity contribution in [1.82, 2.24) is 0 Å². The minimum Gasteiger partial charge on any atom is -0.398 e. The monoisotopic (exact) mass is 323 g/mol. The van der Waals surface area contributed by atoms with Crippen molar-refractivity contribution in [3.8, 4) is 0 Å². The molecule has 0 fully saturated rings. The Hall–Kier alpha value is -1.91. The van der Waals surface area contributed by atoms with Gasteiger partial charge in [-0.15, -0.1) is 0 Å². The fourth-order valence-corrected chi connectivity index (χ4v) is 2.28. The predicted octanol–water partition coefficient (Wildman–Crippen LogP) is 3.89. The maximum Gasteiger partial charge on any atom is 0.257 e. The summed E-state index contributed by atoms with van der Waals surface area (Å²) in [5.41, 5.74) is 7.98. The van der Waals surface area contributed by atoms with Gasteiger partial charge in [0.25, 0.3) is 5.91 Å². The number of benzene rings is 2. The number of carbonyl (C=O) groups excluding carboxylic acids is 1. The second-order valence-electron chi connectivity index (χ2n) is 4.74. The van der Waals surface area contributed by atoms with E-state index in [-0.39, 0.29) is 5.91 Å². The number of anilines is 3. The average molecular weight is 324 g/mol. The van der Waals surface area contributed by atoms with Crippen molar-refractivity contribution in [2.75, 3.05) is 30.0 Å². The van der Waals surface area contributed by atoms with E-state index in [0.29, 0.717) is 27.0 Å². The standard InChI is InChI=1S/C15H15Cl2N3O/c1-20(2)14-6-4-10(17)8-13(14)19-15(21)11-5-3-9(16)7-12(11)18/h3-8H,18H2,1-2H3,(H,19,21). The molecule has 0 unspecified atom stereocenters. The lowest BCUT2D eigenvalue weighted by Gasteiger charge is -2.18. The molecule has 2 aromatic rings. The van der Waals surface area contributed by atoms with Gasteiger partial charge in [0.05, 0.1) is 16.9 Å². The van der Waals surface area contributed by atoms with Crippen molar-refractivity contribution in [2.24, 2.45) is 0 Å². The molecule has 0 heterocycles. The van der Waals surface area contributed by atoms with Crippen LogP contribution in [0.25, 0.3) is 0 Å². The molecule has 21 heavy (non-hydrogen) atoms. The van der Waals surface area contributed by atoms with E-state index in [1.165, 1.54) is 0 Å². The molecule has 6 heteroatoms. The van der Waals surface area contributed by atoms with Crippen molar-refractivity contribution in [2.45, 2.75) is 0 Å². The number of rotatable bonds is 3. The first-order valence-electron chi connectivity index (χ1n) is 6.21. The summed E-state index contributed by atoms with van der Waals surface area (Å²) in [6, 6.07) is 10.1. The van der Waals surface area contributed by atoms with Gasteiger partial charge in [-0.25, -0.2) is 0 Å². The lowest BCUT2D eigenvalue weighted by atomic mass is 10.1. The van der Waals surface area contributed by atoms with Gasteiger partial charge in [-0.05, 0) is 36.4 Å². The molecule has 0 aliphatic heterocycles. The number of nitrogens with two attached hydrogens (primary N) is 1. The molecular weight excluding hydrogens is 309 g/mol. The zero-order valence-corrected chi connectivity index (χ0v) is 13.2. The van der Waals surface area contributed by atoms with Crippen LogP contribution in [-0.4, -0.2) is 20.0 Å². The highest BCUT2D eigenvalue weighted by Gasteiger charge is 2.13. The van der Waals surface area contributed by atoms with Gasteiger partial charge in [0.2, 0.25) is 0 Å². The lowest BCUT2D eigenvalue weighted by molar-refractivity contribution is 0.102. The molecule has 0 aliphatic rings. The molecule has 0 bridgehead atoms. The van der Waals surface area contributed by atoms with Gasteiger partial charge < -0.3 is 16.0 Å². The molecule has 2 rings (SSSR count). The summed E-state index contributed by atoms with van der Waals surface area (Å²) in [5, 5.41) is 3.85. The zero-order chi connectivity index (χ0) is 15.6. The van der Waals surface area contributed by atoms with Crippen LogP contribution in [0.2, 0.25) is 10.0 Å². The van der Waals surface area contributed by atoms with Crippen LogP contribution < -0.4 is 16.0 Å². The first kappa shape index (κ1) is 15.5. The largest absolute Gasteiger partial charge is 0.398 e. The third kappa shape index (κ3) is 3.60. The molecule has 2 aromatic carbocycles. The molecule has 0 saturated heterocycles. The van der Waals surface area contributed by atoms with E-state index in [2.05, 4.69) is 5.32 Å². The van der Waals surface area contributed by atoms with E-state index in [9.17, 15) is 4.79 Å². The molecule has 3 N–H and O–H groups in total. The second-order valence-corrected chi connectivity index (χ2v) is 5.61. The zero-order valence-electron chi connectivity index (χ0n) is 11.7. The van der Waals surface area contributed by atoms with Gasteiger partial charge in [-0.2, -0.15) is 0 Å². The molecule has 1 amide bonds. The van der Waals surface area contributed by atoms with Crippen LogP contribution in [0, 0.1) is 0 Å². The lowest BCUT2D eigenvalue weighted by Crippen LogP contribution is -2.17. The van der Waals surface area contributed by atoms with Crippen LogP contribution in [-0.2, 0) is 0 Å². The Balaban J connectivity index is 2.33. The van der Waals surface area contributed by atoms with Crippen molar-refractivity contribution in [1.29, 1.82) is 0 Å². The average Bonchev–Trinajstić information content (AvgIpc) is 2.37. The number of carbonyl (C=O) groups is 1. The second kappa shape index (κ2) is 6.24.